The van der Waals surface area contributed by atoms with E-state index in [-0.39, 0.29) is 0 Å². The van der Waals surface area contributed by atoms with Gasteiger partial charge in [0.15, 0.2) is 0 Å². The summed E-state index contributed by atoms with van der Waals surface area (Å²) >= 11 is 6.67. The number of rotatable bonds is 3. The Bertz CT molecular complexity index is 556. The molecular weight excluding hydrogens is 370 g/mol. The summed E-state index contributed by atoms with van der Waals surface area (Å²) in [5, 5.41) is 2.92. The van der Waals surface area contributed by atoms with Crippen molar-refractivity contribution < 1.29 is 8.78 Å². The van der Waals surface area contributed by atoms with E-state index in [9.17, 15) is 8.78 Å². The van der Waals surface area contributed by atoms with E-state index in [1.54, 1.807) is 6.20 Å². The molecule has 0 amide bonds. The number of aromatic nitrogens is 1. The van der Waals surface area contributed by atoms with Crippen LogP contribution in [0, 0.1) is 11.6 Å². The topological polar surface area (TPSA) is 24.9 Å². The van der Waals surface area contributed by atoms with Gasteiger partial charge in [-0.25, -0.2) is 8.78 Å². The molecule has 0 aliphatic rings. The van der Waals surface area contributed by atoms with Crippen molar-refractivity contribution in [2.24, 2.45) is 0 Å². The predicted molar refractivity (Wildman–Crippen MR) is 73.3 cm³/mol. The molecule has 1 aromatic carbocycles. The Morgan fingerprint density at radius 3 is 2.33 bits per heavy atom. The molecule has 2 aromatic rings. The van der Waals surface area contributed by atoms with Crippen molar-refractivity contribution in [3.05, 3.63) is 56.7 Å². The third-order valence-corrected chi connectivity index (χ3v) is 3.33. The average Bonchev–Trinajstić information content (AvgIpc) is 2.26. The first-order valence-electron chi connectivity index (χ1n) is 5.04. The maximum absolute atomic E-state index is 13.0. The Labute approximate surface area is 120 Å². The highest BCUT2D eigenvalue weighted by molar-refractivity contribution is 9.11. The second-order valence-corrected chi connectivity index (χ2v) is 5.36. The first kappa shape index (κ1) is 13.4. The van der Waals surface area contributed by atoms with E-state index in [4.69, 9.17) is 0 Å². The van der Waals surface area contributed by atoms with Gasteiger partial charge < -0.3 is 5.32 Å². The molecule has 1 N–H and O–H groups in total. The fourth-order valence-corrected chi connectivity index (χ4v) is 2.54. The number of hydrogen-bond acceptors (Lipinski definition) is 2. The van der Waals surface area contributed by atoms with E-state index in [1.807, 2.05) is 6.07 Å². The van der Waals surface area contributed by atoms with Gasteiger partial charge in [0, 0.05) is 26.9 Å². The maximum atomic E-state index is 13.0. The van der Waals surface area contributed by atoms with Crippen LogP contribution in [0.25, 0.3) is 0 Å². The van der Waals surface area contributed by atoms with Crippen LogP contribution in [0.4, 0.5) is 14.5 Å². The van der Waals surface area contributed by atoms with Crippen LogP contribution in [-0.4, -0.2) is 4.98 Å². The van der Waals surface area contributed by atoms with E-state index in [1.165, 1.54) is 12.1 Å². The fraction of sp³-hybridized carbons (Fsp3) is 0.0833. The zero-order valence-electron chi connectivity index (χ0n) is 9.05. The van der Waals surface area contributed by atoms with Gasteiger partial charge in [-0.2, -0.15) is 0 Å². The third-order valence-electron chi connectivity index (χ3n) is 2.21. The Balaban J connectivity index is 2.11. The van der Waals surface area contributed by atoms with Gasteiger partial charge in [0.05, 0.1) is 12.2 Å². The number of anilines is 1. The van der Waals surface area contributed by atoms with Gasteiger partial charge >= 0.3 is 0 Å². The van der Waals surface area contributed by atoms with Crippen LogP contribution in [0.1, 0.15) is 5.69 Å². The highest BCUT2D eigenvalue weighted by atomic mass is 79.9. The fourth-order valence-electron chi connectivity index (χ4n) is 1.41. The van der Waals surface area contributed by atoms with Crippen LogP contribution < -0.4 is 5.32 Å². The van der Waals surface area contributed by atoms with Crippen molar-refractivity contribution in [1.29, 1.82) is 0 Å². The standard InChI is InChI=1S/C12H8Br2F2N2/c13-7-1-11(14)12(18-5-7)6-17-10-3-8(15)2-9(16)4-10/h1-5,17H,6H2. The molecule has 0 aliphatic carbocycles. The second kappa shape index (κ2) is 5.75. The summed E-state index contributed by atoms with van der Waals surface area (Å²) < 4.78 is 27.6. The van der Waals surface area contributed by atoms with E-state index in [0.29, 0.717) is 12.2 Å². The molecule has 0 saturated carbocycles. The molecule has 0 fully saturated rings. The number of nitrogens with one attached hydrogen (secondary N) is 1. The molecule has 2 nitrogen and oxygen atoms in total. The third kappa shape index (κ3) is 3.49. The van der Waals surface area contributed by atoms with Gasteiger partial charge in [0.25, 0.3) is 0 Å². The molecular formula is C12H8Br2F2N2. The van der Waals surface area contributed by atoms with Crippen molar-refractivity contribution in [1.82, 2.24) is 4.98 Å². The molecule has 1 heterocycles. The lowest BCUT2D eigenvalue weighted by atomic mass is 10.3. The zero-order valence-corrected chi connectivity index (χ0v) is 12.2. The van der Waals surface area contributed by atoms with Crippen LogP contribution in [0.2, 0.25) is 0 Å². The largest absolute Gasteiger partial charge is 0.379 e. The summed E-state index contributed by atoms with van der Waals surface area (Å²) in [7, 11) is 0. The maximum Gasteiger partial charge on any atom is 0.128 e. The minimum Gasteiger partial charge on any atom is -0.379 e. The number of halogens is 4. The van der Waals surface area contributed by atoms with Crippen molar-refractivity contribution in [3.8, 4) is 0 Å². The van der Waals surface area contributed by atoms with Gasteiger partial charge in [-0.3, -0.25) is 4.98 Å². The molecule has 0 atom stereocenters. The van der Waals surface area contributed by atoms with Crippen molar-refractivity contribution in [2.45, 2.75) is 6.54 Å². The number of nitrogens with zero attached hydrogens (tertiary/aromatic N) is 1. The summed E-state index contributed by atoms with van der Waals surface area (Å²) in [6.07, 6.45) is 1.66. The van der Waals surface area contributed by atoms with Gasteiger partial charge in [0.1, 0.15) is 11.6 Å². The Hall–Kier alpha value is -1.01. The molecule has 94 valence electrons. The minimum atomic E-state index is -0.611. The van der Waals surface area contributed by atoms with E-state index < -0.39 is 11.6 Å². The summed E-state index contributed by atoms with van der Waals surface area (Å²) in [6.45, 7) is 0.372. The molecule has 0 spiro atoms. The van der Waals surface area contributed by atoms with Crippen LogP contribution in [0.5, 0.6) is 0 Å². The van der Waals surface area contributed by atoms with Crippen LogP contribution in [-0.2, 0) is 6.54 Å². The van der Waals surface area contributed by atoms with Crippen LogP contribution in [0.3, 0.4) is 0 Å². The normalized spacial score (nSPS) is 10.4. The van der Waals surface area contributed by atoms with Crippen molar-refractivity contribution in [2.75, 3.05) is 5.32 Å². The first-order chi connectivity index (χ1) is 8.54. The number of hydrogen-bond donors (Lipinski definition) is 1. The molecule has 0 bridgehead atoms. The monoisotopic (exact) mass is 376 g/mol. The minimum absolute atomic E-state index is 0.372. The smallest absolute Gasteiger partial charge is 0.128 e. The Morgan fingerprint density at radius 1 is 1.06 bits per heavy atom. The highest BCUT2D eigenvalue weighted by Crippen LogP contribution is 2.21. The molecule has 0 saturated heterocycles. The van der Waals surface area contributed by atoms with Gasteiger partial charge in [-0.1, -0.05) is 0 Å². The average molecular weight is 378 g/mol. The lowest BCUT2D eigenvalue weighted by molar-refractivity contribution is 0.584. The molecule has 1 aromatic heterocycles. The molecule has 0 unspecified atom stereocenters. The number of pyridine rings is 1. The lowest BCUT2D eigenvalue weighted by Gasteiger charge is -2.08. The molecule has 6 heteroatoms. The SMILES string of the molecule is Fc1cc(F)cc(NCc2ncc(Br)cc2Br)c1. The summed E-state index contributed by atoms with van der Waals surface area (Å²) in [4.78, 5) is 4.19. The summed E-state index contributed by atoms with van der Waals surface area (Å²) in [5.74, 6) is -1.22. The molecule has 18 heavy (non-hydrogen) atoms. The number of benzene rings is 1. The molecule has 2 rings (SSSR count). The quantitative estimate of drug-likeness (QED) is 0.851. The van der Waals surface area contributed by atoms with Crippen LogP contribution >= 0.6 is 31.9 Å². The zero-order chi connectivity index (χ0) is 13.1. The van der Waals surface area contributed by atoms with Gasteiger partial charge in [-0.15, -0.1) is 0 Å². The Morgan fingerprint density at radius 2 is 1.72 bits per heavy atom. The van der Waals surface area contributed by atoms with Gasteiger partial charge in [0.2, 0.25) is 0 Å². The molecule has 0 aliphatic heterocycles. The van der Waals surface area contributed by atoms with Crippen LogP contribution in [0.15, 0.2) is 39.4 Å². The Kier molecular flexibility index (Phi) is 4.29. The van der Waals surface area contributed by atoms with E-state index in [2.05, 4.69) is 42.2 Å². The second-order valence-electron chi connectivity index (χ2n) is 3.59. The summed E-state index contributed by atoms with van der Waals surface area (Å²) in [6, 6.07) is 5.15. The van der Waals surface area contributed by atoms with Gasteiger partial charge in [-0.05, 0) is 50.1 Å². The first-order valence-corrected chi connectivity index (χ1v) is 6.63. The van der Waals surface area contributed by atoms with E-state index >= 15 is 0 Å². The lowest BCUT2D eigenvalue weighted by Crippen LogP contribution is -2.03. The van der Waals surface area contributed by atoms with Crippen molar-refractivity contribution >= 4 is 37.5 Å². The van der Waals surface area contributed by atoms with E-state index in [0.717, 1.165) is 20.7 Å². The highest BCUT2D eigenvalue weighted by Gasteiger charge is 2.04. The molecule has 0 radical (unpaired) electrons. The summed E-state index contributed by atoms with van der Waals surface area (Å²) in [5.41, 5.74) is 1.13. The van der Waals surface area contributed by atoms with Crippen molar-refractivity contribution in [3.63, 3.8) is 0 Å². The predicted octanol–water partition coefficient (Wildman–Crippen LogP) is 4.50.